The van der Waals surface area contributed by atoms with Gasteiger partial charge in [-0.1, -0.05) is 23.7 Å². The van der Waals surface area contributed by atoms with E-state index in [0.29, 0.717) is 21.3 Å². The molecule has 73 heavy (non-hydrogen) atoms. The predicted molar refractivity (Wildman–Crippen MR) is 246 cm³/mol. The van der Waals surface area contributed by atoms with Gasteiger partial charge in [0, 0.05) is 40.6 Å². The number of likely N-dealkylation sites (N-methyl/N-ethyl adjacent to an activating group) is 1. The minimum absolute atomic E-state index is 0.0745. The van der Waals surface area contributed by atoms with Crippen LogP contribution in [0.5, 0.6) is 0 Å². The van der Waals surface area contributed by atoms with Gasteiger partial charge in [-0.2, -0.15) is 45.3 Å². The molecule has 5 aromatic rings. The molecule has 1 fully saturated rings. The van der Waals surface area contributed by atoms with Gasteiger partial charge >= 0.3 is 18.3 Å². The van der Waals surface area contributed by atoms with Crippen LogP contribution in [0.15, 0.2) is 42.5 Å². The second-order valence-corrected chi connectivity index (χ2v) is 23.9. The lowest BCUT2D eigenvalue weighted by Gasteiger charge is -2.25. The van der Waals surface area contributed by atoms with Crippen molar-refractivity contribution in [3.63, 3.8) is 0 Å². The van der Waals surface area contributed by atoms with Gasteiger partial charge in [-0.05, 0) is 96.3 Å². The number of hydrogen-bond donors (Lipinski definition) is 1. The van der Waals surface area contributed by atoms with Crippen LogP contribution >= 0.6 is 11.6 Å². The van der Waals surface area contributed by atoms with Gasteiger partial charge in [0.25, 0.3) is 5.92 Å². The van der Waals surface area contributed by atoms with E-state index in [1.165, 1.54) is 58.0 Å². The molecule has 1 N–H and O–H groups in total. The van der Waals surface area contributed by atoms with E-state index in [-0.39, 0.29) is 57.0 Å². The number of anilines is 1. The Morgan fingerprint density at radius 1 is 0.945 bits per heavy atom. The van der Waals surface area contributed by atoms with Crippen molar-refractivity contribution in [1.29, 1.82) is 0 Å². The lowest BCUT2D eigenvalue weighted by atomic mass is 9.93. The Kier molecular flexibility index (Phi) is 14.6. The quantitative estimate of drug-likeness (QED) is 0.0510. The zero-order valence-corrected chi connectivity index (χ0v) is 42.2. The Balaban J connectivity index is 1.45. The van der Waals surface area contributed by atoms with Gasteiger partial charge in [0.2, 0.25) is 15.9 Å². The number of ether oxygens (including phenoxy) is 1. The molecule has 7 rings (SSSR count). The van der Waals surface area contributed by atoms with Gasteiger partial charge in [-0.15, -0.1) is 0 Å². The van der Waals surface area contributed by atoms with Crippen LogP contribution in [0.25, 0.3) is 22.0 Å². The minimum atomic E-state index is -5.20. The van der Waals surface area contributed by atoms with Crippen LogP contribution in [0, 0.1) is 17.6 Å². The van der Waals surface area contributed by atoms with E-state index in [9.17, 15) is 61.5 Å². The number of amides is 1. The first kappa shape index (κ1) is 55.2. The highest BCUT2D eigenvalue weighted by Gasteiger charge is 2.68. The van der Waals surface area contributed by atoms with Gasteiger partial charge in [-0.25, -0.2) is 29.9 Å². The second kappa shape index (κ2) is 19.3. The zero-order valence-electron chi connectivity index (χ0n) is 39.8. The molecule has 2 aliphatic carbocycles. The number of esters is 1. The number of hydrogen-bond acceptors (Lipinski definition) is 11. The Labute approximate surface area is 416 Å². The Morgan fingerprint density at radius 2 is 1.58 bits per heavy atom. The fourth-order valence-electron chi connectivity index (χ4n) is 8.62. The predicted octanol–water partition coefficient (Wildman–Crippen LogP) is 8.09. The monoisotopic (exact) mass is 1100 g/mol. The zero-order chi connectivity index (χ0) is 54.3. The number of fused-ring (bicyclic) bond motifs is 4. The average Bonchev–Trinajstić information content (AvgIpc) is 3.76. The van der Waals surface area contributed by atoms with E-state index in [1.54, 1.807) is 0 Å². The smallest absolute Gasteiger partial charge is 0.435 e. The summed E-state index contributed by atoms with van der Waals surface area (Å²) < 4.78 is 204. The molecule has 3 heterocycles. The van der Waals surface area contributed by atoms with Crippen molar-refractivity contribution < 1.29 is 75.1 Å². The number of carbonyl (C=O) groups excluding carboxylic acids is 2. The van der Waals surface area contributed by atoms with Crippen molar-refractivity contribution in [2.75, 3.05) is 37.6 Å². The van der Waals surface area contributed by atoms with E-state index in [2.05, 4.69) is 15.5 Å². The SMILES string of the molecule is C[C@@H](C(=O)OCN(c1nn(CC(F)(F)F)c2c(-c3ccc(CCC(C)(C)S(C)(=O)=O)nc3[C@H](Cc3cc(F)cc(F)c3)NC(=O)Cn3nc(C(F)(F)F)c4c3C(F)(F)C3C[C@H]43)ccc(Cl)c12)S(C)(=O)=O)N(C)C. The summed E-state index contributed by atoms with van der Waals surface area (Å²) in [5, 5.41) is 9.11. The van der Waals surface area contributed by atoms with Gasteiger partial charge in [0.1, 0.15) is 36.5 Å². The third-order valence-electron chi connectivity index (χ3n) is 13.0. The molecule has 0 bridgehead atoms. The highest BCUT2D eigenvalue weighted by Crippen LogP contribution is 2.68. The standard InChI is InChI=1S/C45H47ClF10N8O7S2/c1-22(61(4)5)41(66)71-21-64(73(7,69)70)40-35-31(46)11-10-28(37(35)63(60-40)20-43(49,50)51)27-9-8-26(12-13-42(2,3)72(6,67)68)57-36(27)32(16-23-14-24(47)17-25(48)15-23)58-33(65)19-62-39-34(38(59-62)45(54,55)56)29-18-30(29)44(39,52)53/h8-11,14-15,17,22,29-30,32H,12-13,16,18-21H2,1-7H3,(H,58,65)/t22-,29-,30?,32-/m0/s1. The summed E-state index contributed by atoms with van der Waals surface area (Å²) in [6, 6.07) is 4.53. The average molecular weight is 1100 g/mol. The summed E-state index contributed by atoms with van der Waals surface area (Å²) >= 11 is 6.69. The molecule has 0 saturated heterocycles. The first-order valence-corrected chi connectivity index (χ1v) is 26.2. The first-order valence-electron chi connectivity index (χ1n) is 22.1. The molecular weight excluding hydrogens is 1050 g/mol. The van der Waals surface area contributed by atoms with Crippen LogP contribution in [-0.4, -0.2) is 108 Å². The summed E-state index contributed by atoms with van der Waals surface area (Å²) in [4.78, 5) is 33.3. The lowest BCUT2D eigenvalue weighted by molar-refractivity contribution is -0.148. The molecule has 28 heteroatoms. The topological polar surface area (TPSA) is 179 Å². The Morgan fingerprint density at radius 3 is 2.15 bits per heavy atom. The Hall–Kier alpha value is -5.54. The van der Waals surface area contributed by atoms with E-state index >= 15 is 8.78 Å². The molecule has 1 unspecified atom stereocenters. The molecule has 15 nitrogen and oxygen atoms in total. The number of aryl methyl sites for hydroxylation is 1. The fourth-order valence-corrected chi connectivity index (χ4v) is 10.0. The number of nitrogens with zero attached hydrogens (tertiary/aromatic N) is 7. The first-order chi connectivity index (χ1) is 33.5. The second-order valence-electron chi connectivity index (χ2n) is 19.0. The molecule has 1 amide bonds. The van der Waals surface area contributed by atoms with Crippen LogP contribution in [0.4, 0.5) is 49.7 Å². The summed E-state index contributed by atoms with van der Waals surface area (Å²) in [7, 11) is -5.27. The summed E-state index contributed by atoms with van der Waals surface area (Å²) in [6.07, 6.45) is -9.77. The van der Waals surface area contributed by atoms with E-state index < -0.39 is 150 Å². The largest absolute Gasteiger partial charge is 0.442 e. The number of pyridine rings is 1. The lowest BCUT2D eigenvalue weighted by Crippen LogP contribution is -2.39. The van der Waals surface area contributed by atoms with Crippen molar-refractivity contribution in [3.8, 4) is 11.1 Å². The molecule has 0 aliphatic heterocycles. The minimum Gasteiger partial charge on any atom is -0.442 e. The molecule has 0 radical (unpaired) electrons. The van der Waals surface area contributed by atoms with Crippen molar-refractivity contribution >= 4 is 60.1 Å². The maximum atomic E-state index is 15.6. The number of nitrogens with one attached hydrogen (secondary N) is 1. The number of rotatable bonds is 18. The van der Waals surface area contributed by atoms with Gasteiger partial charge in [0.15, 0.2) is 28.1 Å². The molecular formula is C45H47ClF10N8O7S2. The number of carbonyl (C=O) groups is 2. The molecule has 4 atom stereocenters. The van der Waals surface area contributed by atoms with Crippen molar-refractivity contribution in [1.82, 2.24) is 34.8 Å². The van der Waals surface area contributed by atoms with E-state index in [1.807, 2.05) is 0 Å². The maximum absolute atomic E-state index is 15.6. The number of sulfonamides is 1. The third kappa shape index (κ3) is 11.4. The van der Waals surface area contributed by atoms with Crippen LogP contribution in [0.1, 0.15) is 79.5 Å². The number of sulfone groups is 1. The van der Waals surface area contributed by atoms with Gasteiger partial charge in [-0.3, -0.25) is 28.8 Å². The van der Waals surface area contributed by atoms with Gasteiger partial charge < -0.3 is 10.1 Å². The number of alkyl halides is 8. The molecule has 3 aromatic heterocycles. The molecule has 1 saturated carbocycles. The highest BCUT2D eigenvalue weighted by molar-refractivity contribution is 7.92. The van der Waals surface area contributed by atoms with E-state index in [4.69, 9.17) is 21.3 Å². The summed E-state index contributed by atoms with van der Waals surface area (Å²) in [6.45, 7) is 0.00355. The third-order valence-corrected chi connectivity index (χ3v) is 16.6. The normalized spacial score (nSPS) is 17.6. The van der Waals surface area contributed by atoms with Crippen LogP contribution < -0.4 is 9.62 Å². The number of benzene rings is 2. The molecule has 398 valence electrons. The Bertz CT molecular complexity index is 3220. The van der Waals surface area contributed by atoms with Crippen molar-refractivity contribution in [2.24, 2.45) is 5.92 Å². The van der Waals surface area contributed by atoms with Crippen molar-refractivity contribution in [3.05, 3.63) is 93.0 Å². The number of halogens is 11. The highest BCUT2D eigenvalue weighted by atomic mass is 35.5. The summed E-state index contributed by atoms with van der Waals surface area (Å²) in [5.41, 5.74) is -4.94. The molecule has 0 spiro atoms. The fraction of sp³-hybridized carbons (Fsp3) is 0.489. The summed E-state index contributed by atoms with van der Waals surface area (Å²) in [5.74, 6) is -11.7. The van der Waals surface area contributed by atoms with E-state index in [0.717, 1.165) is 24.5 Å². The van der Waals surface area contributed by atoms with Crippen LogP contribution in [0.2, 0.25) is 5.02 Å². The molecule has 2 aromatic carbocycles. The molecule has 2 aliphatic rings. The van der Waals surface area contributed by atoms with Crippen LogP contribution in [-0.2, 0) is 72.2 Å². The maximum Gasteiger partial charge on any atom is 0.435 e. The van der Waals surface area contributed by atoms with Crippen molar-refractivity contribution in [2.45, 2.75) is 101 Å². The number of aromatic nitrogens is 5. The van der Waals surface area contributed by atoms with Crippen LogP contribution in [0.3, 0.4) is 0 Å². The van der Waals surface area contributed by atoms with Gasteiger partial charge in [0.05, 0.1) is 38.7 Å².